The van der Waals surface area contributed by atoms with Crippen molar-refractivity contribution in [1.82, 2.24) is 4.31 Å². The standard InChI is InChI=1S/C12H17Br2N3O3S/c1-2-3-4-17(7-11(16)18)21(19,20)12-9(14)5-8(13)6-10(12)15/h5-6H,2-4,7,15H2,1H3,(H2,16,18). The number of amides is 1. The smallest absolute Gasteiger partial charge is 0.246 e. The van der Waals surface area contributed by atoms with Crippen LogP contribution >= 0.6 is 31.9 Å². The van der Waals surface area contributed by atoms with Crippen LogP contribution in [0.5, 0.6) is 0 Å². The van der Waals surface area contributed by atoms with Gasteiger partial charge in [0.15, 0.2) is 0 Å². The largest absolute Gasteiger partial charge is 0.398 e. The van der Waals surface area contributed by atoms with Gasteiger partial charge in [0, 0.05) is 15.5 Å². The van der Waals surface area contributed by atoms with Gasteiger partial charge in [-0.3, -0.25) is 4.79 Å². The second-order valence-corrected chi connectivity index (χ2v) is 8.11. The Kier molecular flexibility index (Phi) is 6.64. The molecule has 0 saturated carbocycles. The van der Waals surface area contributed by atoms with Crippen molar-refractivity contribution in [2.75, 3.05) is 18.8 Å². The molecule has 0 aliphatic rings. The number of hydrogen-bond acceptors (Lipinski definition) is 4. The zero-order valence-electron chi connectivity index (χ0n) is 11.5. The quantitative estimate of drug-likeness (QED) is 0.630. The molecule has 1 rings (SSSR count). The Labute approximate surface area is 141 Å². The average molecular weight is 443 g/mol. The van der Waals surface area contributed by atoms with Gasteiger partial charge in [-0.2, -0.15) is 4.31 Å². The maximum absolute atomic E-state index is 12.7. The Bertz CT molecular complexity index is 612. The van der Waals surface area contributed by atoms with Gasteiger partial charge in [-0.05, 0) is 34.5 Å². The molecule has 4 N–H and O–H groups in total. The maximum atomic E-state index is 12.7. The summed E-state index contributed by atoms with van der Waals surface area (Å²) in [5, 5.41) is 0. The molecule has 0 bridgehead atoms. The van der Waals surface area contributed by atoms with Gasteiger partial charge in [0.2, 0.25) is 15.9 Å². The average Bonchev–Trinajstić information content (AvgIpc) is 2.32. The third-order valence-electron chi connectivity index (χ3n) is 2.73. The van der Waals surface area contributed by atoms with Crippen molar-refractivity contribution >= 4 is 53.5 Å². The maximum Gasteiger partial charge on any atom is 0.246 e. The third-order valence-corrected chi connectivity index (χ3v) is 6.04. The molecule has 0 fully saturated rings. The van der Waals surface area contributed by atoms with E-state index in [0.717, 1.165) is 10.7 Å². The molecule has 0 aromatic heterocycles. The molecule has 0 radical (unpaired) electrons. The Morgan fingerprint density at radius 3 is 2.43 bits per heavy atom. The van der Waals surface area contributed by atoms with E-state index < -0.39 is 15.9 Å². The molecule has 0 saturated heterocycles. The Morgan fingerprint density at radius 1 is 1.33 bits per heavy atom. The van der Waals surface area contributed by atoms with Crippen LogP contribution in [0.25, 0.3) is 0 Å². The first kappa shape index (κ1) is 18.4. The van der Waals surface area contributed by atoms with E-state index in [4.69, 9.17) is 11.5 Å². The van der Waals surface area contributed by atoms with Gasteiger partial charge in [-0.15, -0.1) is 0 Å². The molecule has 0 heterocycles. The summed E-state index contributed by atoms with van der Waals surface area (Å²) in [5.74, 6) is -0.707. The van der Waals surface area contributed by atoms with Gasteiger partial charge in [-0.1, -0.05) is 29.3 Å². The number of halogens is 2. The fraction of sp³-hybridized carbons (Fsp3) is 0.417. The zero-order chi connectivity index (χ0) is 16.2. The summed E-state index contributed by atoms with van der Waals surface area (Å²) in [4.78, 5) is 11.1. The van der Waals surface area contributed by atoms with E-state index in [1.54, 1.807) is 6.07 Å². The van der Waals surface area contributed by atoms with E-state index in [9.17, 15) is 13.2 Å². The molecular formula is C12H17Br2N3O3S. The van der Waals surface area contributed by atoms with Gasteiger partial charge in [-0.25, -0.2) is 8.42 Å². The fourth-order valence-corrected chi connectivity index (χ4v) is 5.23. The lowest BCUT2D eigenvalue weighted by molar-refractivity contribution is -0.118. The second kappa shape index (κ2) is 7.57. The van der Waals surface area contributed by atoms with Crippen LogP contribution < -0.4 is 11.5 Å². The van der Waals surface area contributed by atoms with Crippen LogP contribution in [0.2, 0.25) is 0 Å². The molecule has 0 spiro atoms. The molecule has 0 atom stereocenters. The number of sulfonamides is 1. The molecule has 1 amide bonds. The summed E-state index contributed by atoms with van der Waals surface area (Å²) in [7, 11) is -3.91. The molecule has 1 aromatic rings. The molecular weight excluding hydrogens is 426 g/mol. The normalized spacial score (nSPS) is 11.8. The van der Waals surface area contributed by atoms with Crippen LogP contribution in [0, 0.1) is 0 Å². The van der Waals surface area contributed by atoms with E-state index in [2.05, 4.69) is 31.9 Å². The van der Waals surface area contributed by atoms with Gasteiger partial charge in [0.25, 0.3) is 0 Å². The number of primary amides is 1. The highest BCUT2D eigenvalue weighted by Crippen LogP contribution is 2.33. The predicted molar refractivity (Wildman–Crippen MR) is 89.1 cm³/mol. The fourth-order valence-electron chi connectivity index (χ4n) is 1.77. The SMILES string of the molecule is CCCCN(CC(N)=O)S(=O)(=O)c1c(N)cc(Br)cc1Br. The number of nitrogens with zero attached hydrogens (tertiary/aromatic N) is 1. The first-order chi connectivity index (χ1) is 9.70. The topological polar surface area (TPSA) is 106 Å². The summed E-state index contributed by atoms with van der Waals surface area (Å²) in [6.07, 6.45) is 1.42. The minimum absolute atomic E-state index is 0.0527. The van der Waals surface area contributed by atoms with Crippen molar-refractivity contribution < 1.29 is 13.2 Å². The molecule has 21 heavy (non-hydrogen) atoms. The van der Waals surface area contributed by atoms with Crippen molar-refractivity contribution in [3.63, 3.8) is 0 Å². The molecule has 118 valence electrons. The third kappa shape index (κ3) is 4.67. The number of nitrogen functional groups attached to an aromatic ring is 1. The lowest BCUT2D eigenvalue weighted by Gasteiger charge is -2.22. The number of anilines is 1. The number of unbranched alkanes of at least 4 members (excludes halogenated alkanes) is 1. The summed E-state index contributed by atoms with van der Waals surface area (Å²) >= 11 is 6.45. The number of carbonyl (C=O) groups is 1. The Hall–Kier alpha value is -0.640. The van der Waals surface area contributed by atoms with Gasteiger partial charge in [0.05, 0.1) is 12.2 Å². The monoisotopic (exact) mass is 441 g/mol. The predicted octanol–water partition coefficient (Wildman–Crippen LogP) is 2.07. The van der Waals surface area contributed by atoms with Crippen LogP contribution in [0.4, 0.5) is 5.69 Å². The number of hydrogen-bond donors (Lipinski definition) is 2. The van der Waals surface area contributed by atoms with E-state index in [-0.39, 0.29) is 23.7 Å². The van der Waals surface area contributed by atoms with E-state index in [1.807, 2.05) is 6.92 Å². The molecule has 9 heteroatoms. The molecule has 1 aromatic carbocycles. The van der Waals surface area contributed by atoms with Gasteiger partial charge in [0.1, 0.15) is 4.90 Å². The second-order valence-electron chi connectivity index (χ2n) is 4.46. The first-order valence-electron chi connectivity index (χ1n) is 6.23. The zero-order valence-corrected chi connectivity index (χ0v) is 15.5. The van der Waals surface area contributed by atoms with Crippen LogP contribution in [-0.2, 0) is 14.8 Å². The van der Waals surface area contributed by atoms with Crippen molar-refractivity contribution in [3.8, 4) is 0 Å². The summed E-state index contributed by atoms with van der Waals surface area (Å²) in [6.45, 7) is 1.77. The first-order valence-corrected chi connectivity index (χ1v) is 9.25. The number of nitrogens with two attached hydrogens (primary N) is 2. The Morgan fingerprint density at radius 2 is 1.95 bits per heavy atom. The number of rotatable bonds is 7. The van der Waals surface area contributed by atoms with Crippen molar-refractivity contribution in [3.05, 3.63) is 21.1 Å². The van der Waals surface area contributed by atoms with E-state index >= 15 is 0 Å². The number of benzene rings is 1. The van der Waals surface area contributed by atoms with Gasteiger partial charge < -0.3 is 11.5 Å². The minimum Gasteiger partial charge on any atom is -0.398 e. The van der Waals surface area contributed by atoms with Crippen molar-refractivity contribution in [2.24, 2.45) is 5.73 Å². The lowest BCUT2D eigenvalue weighted by atomic mass is 10.3. The highest BCUT2D eigenvalue weighted by atomic mass is 79.9. The van der Waals surface area contributed by atoms with Crippen molar-refractivity contribution in [1.29, 1.82) is 0 Å². The lowest BCUT2D eigenvalue weighted by Crippen LogP contribution is -2.39. The molecule has 0 aliphatic heterocycles. The number of carbonyl (C=O) groups excluding carboxylic acids is 1. The summed E-state index contributed by atoms with van der Waals surface area (Å²) in [5.41, 5.74) is 11.1. The molecule has 6 nitrogen and oxygen atoms in total. The summed E-state index contributed by atoms with van der Waals surface area (Å²) in [6, 6.07) is 3.09. The Balaban J connectivity index is 3.31. The summed E-state index contributed by atoms with van der Waals surface area (Å²) < 4.78 is 27.5. The highest BCUT2D eigenvalue weighted by molar-refractivity contribution is 9.11. The molecule has 0 unspecified atom stereocenters. The highest BCUT2D eigenvalue weighted by Gasteiger charge is 2.29. The van der Waals surface area contributed by atoms with Crippen LogP contribution in [0.15, 0.2) is 26.0 Å². The van der Waals surface area contributed by atoms with Crippen molar-refractivity contribution in [2.45, 2.75) is 24.7 Å². The van der Waals surface area contributed by atoms with Crippen LogP contribution in [-0.4, -0.2) is 31.7 Å². The van der Waals surface area contributed by atoms with Crippen LogP contribution in [0.3, 0.4) is 0 Å². The molecule has 0 aliphatic carbocycles. The van der Waals surface area contributed by atoms with Crippen LogP contribution in [0.1, 0.15) is 19.8 Å². The minimum atomic E-state index is -3.91. The van der Waals surface area contributed by atoms with E-state index in [0.29, 0.717) is 15.4 Å². The van der Waals surface area contributed by atoms with E-state index in [1.165, 1.54) is 6.07 Å². The van der Waals surface area contributed by atoms with Gasteiger partial charge >= 0.3 is 0 Å².